The lowest BCUT2D eigenvalue weighted by atomic mass is 10.2. The molecule has 0 aliphatic carbocycles. The fourth-order valence-electron chi connectivity index (χ4n) is 1.97. The number of rotatable bonds is 11. The van der Waals surface area contributed by atoms with Gasteiger partial charge in [-0.1, -0.05) is 0 Å². The van der Waals surface area contributed by atoms with Crippen molar-refractivity contribution < 1.29 is 4.74 Å². The van der Waals surface area contributed by atoms with Gasteiger partial charge in [0.15, 0.2) is 5.96 Å². The molecule has 1 aromatic heterocycles. The normalized spacial score (nSPS) is 11.7. The van der Waals surface area contributed by atoms with Crippen LogP contribution in [0.25, 0.3) is 0 Å². The number of guanidine groups is 1. The molecule has 0 aliphatic heterocycles. The van der Waals surface area contributed by atoms with E-state index in [1.807, 2.05) is 13.8 Å². The molecule has 0 aromatic carbocycles. The van der Waals surface area contributed by atoms with Crippen LogP contribution in [-0.2, 0) is 11.2 Å². The first-order valence-electron chi connectivity index (χ1n) is 8.27. The Morgan fingerprint density at radius 1 is 1.27 bits per heavy atom. The van der Waals surface area contributed by atoms with Crippen LogP contribution >= 0.6 is 11.3 Å². The number of hydrogen-bond acceptors (Lipinski definition) is 4. The Morgan fingerprint density at radius 3 is 2.82 bits per heavy atom. The standard InChI is InChI=1S/C16H30N4OS/c1-4-17-16(19-11-8-12-21-5-2)18-10-7-6-9-15-20-14(3)13-22-15/h13H,4-12H2,1-3H3,(H2,17,18,19). The molecule has 0 radical (unpaired) electrons. The molecule has 0 fully saturated rings. The van der Waals surface area contributed by atoms with Crippen LogP contribution in [0.2, 0.25) is 0 Å². The molecule has 126 valence electrons. The minimum Gasteiger partial charge on any atom is -0.382 e. The third-order valence-corrected chi connectivity index (χ3v) is 4.07. The molecule has 1 aromatic rings. The average Bonchev–Trinajstić information content (AvgIpc) is 2.92. The first kappa shape index (κ1) is 18.9. The van der Waals surface area contributed by atoms with Crippen molar-refractivity contribution in [3.05, 3.63) is 16.1 Å². The van der Waals surface area contributed by atoms with Gasteiger partial charge < -0.3 is 15.4 Å². The second kappa shape index (κ2) is 12.4. The zero-order valence-corrected chi connectivity index (χ0v) is 15.0. The summed E-state index contributed by atoms with van der Waals surface area (Å²) in [6, 6.07) is 0. The Morgan fingerprint density at radius 2 is 2.14 bits per heavy atom. The summed E-state index contributed by atoms with van der Waals surface area (Å²) in [5, 5.41) is 10.0. The highest BCUT2D eigenvalue weighted by Gasteiger charge is 2.00. The lowest BCUT2D eigenvalue weighted by Crippen LogP contribution is -2.37. The molecule has 1 rings (SSSR count). The lowest BCUT2D eigenvalue weighted by molar-refractivity contribution is 0.146. The van der Waals surface area contributed by atoms with Crippen LogP contribution in [0, 0.1) is 6.92 Å². The van der Waals surface area contributed by atoms with Crippen LogP contribution in [0.15, 0.2) is 10.4 Å². The highest BCUT2D eigenvalue weighted by atomic mass is 32.1. The van der Waals surface area contributed by atoms with Crippen LogP contribution in [0.5, 0.6) is 0 Å². The summed E-state index contributed by atoms with van der Waals surface area (Å²) in [7, 11) is 0. The summed E-state index contributed by atoms with van der Waals surface area (Å²) in [6.45, 7) is 10.3. The largest absolute Gasteiger partial charge is 0.382 e. The highest BCUT2D eigenvalue weighted by Crippen LogP contribution is 2.11. The summed E-state index contributed by atoms with van der Waals surface area (Å²) in [4.78, 5) is 9.04. The van der Waals surface area contributed by atoms with E-state index in [2.05, 4.69) is 32.9 Å². The molecule has 0 saturated heterocycles. The van der Waals surface area contributed by atoms with Crippen LogP contribution < -0.4 is 10.6 Å². The number of aliphatic imine (C=N–C) groups is 1. The fourth-order valence-corrected chi connectivity index (χ4v) is 2.79. The van der Waals surface area contributed by atoms with E-state index in [4.69, 9.17) is 4.74 Å². The van der Waals surface area contributed by atoms with Crippen LogP contribution in [0.4, 0.5) is 0 Å². The lowest BCUT2D eigenvalue weighted by Gasteiger charge is -2.11. The number of ether oxygens (including phenoxy) is 1. The van der Waals surface area contributed by atoms with Crippen molar-refractivity contribution in [2.45, 2.75) is 46.5 Å². The van der Waals surface area contributed by atoms with Crippen molar-refractivity contribution in [3.63, 3.8) is 0 Å². The predicted molar refractivity (Wildman–Crippen MR) is 94.9 cm³/mol. The number of nitrogens with zero attached hydrogens (tertiary/aromatic N) is 2. The fraction of sp³-hybridized carbons (Fsp3) is 0.750. The maximum Gasteiger partial charge on any atom is 0.191 e. The maximum atomic E-state index is 5.32. The average molecular weight is 327 g/mol. The minimum atomic E-state index is 0.778. The predicted octanol–water partition coefficient (Wildman–Crippen LogP) is 2.76. The van der Waals surface area contributed by atoms with Gasteiger partial charge in [0, 0.05) is 43.9 Å². The highest BCUT2D eigenvalue weighted by molar-refractivity contribution is 7.09. The zero-order valence-electron chi connectivity index (χ0n) is 14.2. The van der Waals surface area contributed by atoms with E-state index in [1.165, 1.54) is 5.01 Å². The summed E-state index contributed by atoms with van der Waals surface area (Å²) in [5.74, 6) is 0.907. The molecule has 0 unspecified atom stereocenters. The van der Waals surface area contributed by atoms with Gasteiger partial charge in [0.05, 0.1) is 5.01 Å². The van der Waals surface area contributed by atoms with Gasteiger partial charge in [0.25, 0.3) is 0 Å². The second-order valence-corrected chi connectivity index (χ2v) is 6.02. The van der Waals surface area contributed by atoms with Crippen molar-refractivity contribution in [1.82, 2.24) is 15.6 Å². The number of aryl methyl sites for hydroxylation is 2. The molecule has 22 heavy (non-hydrogen) atoms. The zero-order chi connectivity index (χ0) is 16.0. The van der Waals surface area contributed by atoms with E-state index < -0.39 is 0 Å². The van der Waals surface area contributed by atoms with Crippen molar-refractivity contribution in [1.29, 1.82) is 0 Å². The number of nitrogens with one attached hydrogen (secondary N) is 2. The van der Waals surface area contributed by atoms with Crippen LogP contribution in [0.3, 0.4) is 0 Å². The van der Waals surface area contributed by atoms with Gasteiger partial charge in [-0.3, -0.25) is 4.99 Å². The number of hydrogen-bond donors (Lipinski definition) is 2. The number of aromatic nitrogens is 1. The molecule has 0 saturated carbocycles. The van der Waals surface area contributed by atoms with Gasteiger partial charge in [0.2, 0.25) is 0 Å². The maximum absolute atomic E-state index is 5.32. The Labute approximate surface area is 138 Å². The van der Waals surface area contributed by atoms with E-state index in [9.17, 15) is 0 Å². The summed E-state index contributed by atoms with van der Waals surface area (Å²) in [6.07, 6.45) is 4.32. The summed E-state index contributed by atoms with van der Waals surface area (Å²) in [5.41, 5.74) is 1.13. The molecular formula is C16H30N4OS. The molecule has 2 N–H and O–H groups in total. The second-order valence-electron chi connectivity index (χ2n) is 5.08. The van der Waals surface area contributed by atoms with Gasteiger partial charge in [-0.15, -0.1) is 11.3 Å². The smallest absolute Gasteiger partial charge is 0.191 e. The van der Waals surface area contributed by atoms with Gasteiger partial charge in [-0.25, -0.2) is 4.98 Å². The Bertz CT molecular complexity index is 420. The quantitative estimate of drug-likeness (QED) is 0.373. The molecule has 5 nitrogen and oxygen atoms in total. The SMILES string of the molecule is CCNC(=NCCCOCC)NCCCCc1nc(C)cs1. The number of thiazole rings is 1. The summed E-state index contributed by atoms with van der Waals surface area (Å²) >= 11 is 1.76. The van der Waals surface area contributed by atoms with Gasteiger partial charge in [-0.2, -0.15) is 0 Å². The van der Waals surface area contributed by atoms with Gasteiger partial charge in [-0.05, 0) is 46.5 Å². The van der Waals surface area contributed by atoms with Gasteiger partial charge >= 0.3 is 0 Å². The van der Waals surface area contributed by atoms with E-state index in [-0.39, 0.29) is 0 Å². The monoisotopic (exact) mass is 326 g/mol. The van der Waals surface area contributed by atoms with Crippen LogP contribution in [0.1, 0.15) is 43.8 Å². The summed E-state index contributed by atoms with van der Waals surface area (Å²) < 4.78 is 5.32. The third kappa shape index (κ3) is 9.00. The van der Waals surface area contributed by atoms with Gasteiger partial charge in [0.1, 0.15) is 0 Å². The van der Waals surface area contributed by atoms with E-state index in [1.54, 1.807) is 11.3 Å². The van der Waals surface area contributed by atoms with E-state index in [0.717, 1.165) is 70.2 Å². The van der Waals surface area contributed by atoms with E-state index in [0.29, 0.717) is 0 Å². The Kier molecular flexibility index (Phi) is 10.7. The first-order valence-corrected chi connectivity index (χ1v) is 9.15. The topological polar surface area (TPSA) is 58.5 Å². The molecule has 0 aliphatic rings. The molecule has 0 spiro atoms. The first-order chi connectivity index (χ1) is 10.8. The third-order valence-electron chi connectivity index (χ3n) is 3.04. The van der Waals surface area contributed by atoms with Crippen molar-refractivity contribution in [2.24, 2.45) is 4.99 Å². The van der Waals surface area contributed by atoms with Crippen molar-refractivity contribution in [2.75, 3.05) is 32.8 Å². The molecular weight excluding hydrogens is 296 g/mol. The Hall–Kier alpha value is -1.14. The molecule has 0 bridgehead atoms. The molecule has 0 amide bonds. The molecule has 6 heteroatoms. The van der Waals surface area contributed by atoms with E-state index >= 15 is 0 Å². The Balaban J connectivity index is 2.13. The van der Waals surface area contributed by atoms with Crippen LogP contribution in [-0.4, -0.2) is 43.8 Å². The number of unbranched alkanes of at least 4 members (excludes halogenated alkanes) is 1. The molecule has 1 heterocycles. The van der Waals surface area contributed by atoms with Crippen molar-refractivity contribution in [3.8, 4) is 0 Å². The molecule has 0 atom stereocenters. The minimum absolute atomic E-state index is 0.778. The van der Waals surface area contributed by atoms with Crippen molar-refractivity contribution >= 4 is 17.3 Å².